The Labute approximate surface area is 130 Å². The van der Waals surface area contributed by atoms with E-state index in [-0.39, 0.29) is 5.91 Å². The first-order valence-corrected chi connectivity index (χ1v) is 9.51. The van der Waals surface area contributed by atoms with Crippen molar-refractivity contribution in [2.75, 3.05) is 25.3 Å². The molecule has 0 unspecified atom stereocenters. The van der Waals surface area contributed by atoms with Gasteiger partial charge in [0, 0.05) is 31.2 Å². The van der Waals surface area contributed by atoms with Crippen LogP contribution in [0, 0.1) is 23.5 Å². The summed E-state index contributed by atoms with van der Waals surface area (Å²) in [6, 6.07) is 0. The number of carbonyl (C=O) groups is 1. The number of hydrogen-bond acceptors (Lipinski definition) is 2. The summed E-state index contributed by atoms with van der Waals surface area (Å²) in [5.41, 5.74) is 7.26. The first-order valence-electron chi connectivity index (χ1n) is 6.89. The summed E-state index contributed by atoms with van der Waals surface area (Å²) >= 11 is 0. The van der Waals surface area contributed by atoms with Gasteiger partial charge in [0.25, 0.3) is 0 Å². The molecule has 4 heteroatoms. The van der Waals surface area contributed by atoms with Gasteiger partial charge in [0.05, 0.1) is 0 Å². The van der Waals surface area contributed by atoms with E-state index in [1.807, 2.05) is 0 Å². The maximum atomic E-state index is 11.2. The number of hydrogen-bond donors (Lipinski definition) is 2. The zero-order chi connectivity index (χ0) is 16.3. The van der Waals surface area contributed by atoms with Gasteiger partial charge in [0.15, 0.2) is 0 Å². The largest absolute Gasteiger partial charge is 0.400 e. The van der Waals surface area contributed by atoms with Gasteiger partial charge in [0.2, 0.25) is 5.91 Å². The van der Waals surface area contributed by atoms with Gasteiger partial charge in [-0.15, -0.1) is 12.3 Å². The molecule has 0 radical (unpaired) electrons. The third-order valence-electron chi connectivity index (χ3n) is 2.68. The third-order valence-corrected chi connectivity index (χ3v) is 4.77. The van der Waals surface area contributed by atoms with Gasteiger partial charge in [-0.2, -0.15) is 10.0 Å². The molecule has 0 saturated carbocycles. The van der Waals surface area contributed by atoms with Crippen molar-refractivity contribution >= 4 is 15.9 Å². The molecule has 116 valence electrons. The molecule has 0 aromatic heterocycles. The van der Waals surface area contributed by atoms with E-state index in [2.05, 4.69) is 41.8 Å². The van der Waals surface area contributed by atoms with Crippen molar-refractivity contribution in [1.82, 2.24) is 5.32 Å². The maximum absolute atomic E-state index is 11.2. The van der Waals surface area contributed by atoms with Gasteiger partial charge in [0.1, 0.15) is 0 Å². The zero-order valence-electron chi connectivity index (χ0n) is 13.5. The number of nitrogens with one attached hydrogen (secondary N) is 1. The van der Waals surface area contributed by atoms with Crippen LogP contribution in [-0.4, -0.2) is 31.2 Å². The average molecular weight is 306 g/mol. The predicted octanol–water partition coefficient (Wildman–Crippen LogP) is 2.35. The third kappa shape index (κ3) is 8.89. The van der Waals surface area contributed by atoms with Crippen LogP contribution in [0.1, 0.15) is 26.2 Å². The van der Waals surface area contributed by atoms with Crippen molar-refractivity contribution in [1.29, 1.82) is 0 Å². The highest BCUT2D eigenvalue weighted by Gasteiger charge is 2.06. The van der Waals surface area contributed by atoms with Crippen molar-refractivity contribution < 1.29 is 4.79 Å². The maximum Gasteiger partial charge on any atom is 0.223 e. The van der Waals surface area contributed by atoms with E-state index in [0.29, 0.717) is 24.1 Å². The van der Waals surface area contributed by atoms with Crippen LogP contribution >= 0.6 is 10.0 Å². The smallest absolute Gasteiger partial charge is 0.223 e. The summed E-state index contributed by atoms with van der Waals surface area (Å²) in [4.78, 5) is 11.2. The lowest BCUT2D eigenvalue weighted by Crippen LogP contribution is -2.16. The summed E-state index contributed by atoms with van der Waals surface area (Å²) in [7, 11) is 0.670. The fraction of sp³-hybridized carbons (Fsp3) is 0.471. The van der Waals surface area contributed by atoms with Crippen LogP contribution in [0.4, 0.5) is 0 Å². The number of allylic oxidation sites excluding steroid dienone is 3. The molecule has 0 aromatic rings. The van der Waals surface area contributed by atoms with E-state index in [1.165, 1.54) is 0 Å². The molecule has 0 saturated heterocycles. The number of nitrogens with two attached hydrogens (primary N) is 1. The first-order chi connectivity index (χ1) is 9.86. The summed E-state index contributed by atoms with van der Waals surface area (Å²) in [6.45, 7) is 2.16. The van der Waals surface area contributed by atoms with Gasteiger partial charge in [-0.3, -0.25) is 4.79 Å². The molecule has 1 amide bonds. The highest BCUT2D eigenvalue weighted by molar-refractivity contribution is 8.36. The molecule has 0 rings (SSSR count). The van der Waals surface area contributed by atoms with E-state index in [4.69, 9.17) is 12.2 Å². The molecule has 3 N–H and O–H groups in total. The van der Waals surface area contributed by atoms with Crippen molar-refractivity contribution in [3.63, 3.8) is 0 Å². The molecule has 0 aromatic carbocycles. The first kappa shape index (κ1) is 19.2. The highest BCUT2D eigenvalue weighted by Crippen LogP contribution is 2.38. The van der Waals surface area contributed by atoms with Gasteiger partial charge >= 0.3 is 0 Å². The van der Waals surface area contributed by atoms with Crippen LogP contribution < -0.4 is 11.1 Å². The lowest BCUT2D eigenvalue weighted by molar-refractivity contribution is -0.119. The standard InChI is InChI=1S/C17H26N2OS/c1-6-9-16(18)15(10-8-11-17(20)19-3)12-14-21(4,5)13-7-2/h1,8,10H,7,9,11,13,18H2,2-5H3,(H,19,20)/b10-8-,16-15-. The monoisotopic (exact) mass is 306 g/mol. The Hall–Kier alpha value is -1.78. The van der Waals surface area contributed by atoms with Gasteiger partial charge in [-0.1, -0.05) is 18.9 Å². The second-order valence-electron chi connectivity index (χ2n) is 5.07. The summed E-state index contributed by atoms with van der Waals surface area (Å²) in [6.07, 6.45) is 15.0. The Kier molecular flexibility index (Phi) is 9.17. The SMILES string of the molecule is C#CC/C(N)=C(C#CS(C)(C)CCC)\C=C/CC(=O)NC. The van der Waals surface area contributed by atoms with Crippen LogP contribution in [0.15, 0.2) is 23.4 Å². The van der Waals surface area contributed by atoms with E-state index in [1.54, 1.807) is 19.2 Å². The molecule has 0 spiro atoms. The molecule has 0 aliphatic carbocycles. The molecule has 0 atom stereocenters. The van der Waals surface area contributed by atoms with Crippen molar-refractivity contribution in [3.05, 3.63) is 23.4 Å². The average Bonchev–Trinajstić information content (AvgIpc) is 2.42. The van der Waals surface area contributed by atoms with Crippen molar-refractivity contribution in [2.24, 2.45) is 5.73 Å². The van der Waals surface area contributed by atoms with Crippen LogP contribution in [0.25, 0.3) is 0 Å². The molecule has 0 fully saturated rings. The molecular formula is C17H26N2OS. The quantitative estimate of drug-likeness (QED) is 0.584. The number of rotatable bonds is 6. The normalized spacial score (nSPS) is 12.9. The molecule has 3 nitrogen and oxygen atoms in total. The summed E-state index contributed by atoms with van der Waals surface area (Å²) in [5.74, 6) is 6.72. The predicted molar refractivity (Wildman–Crippen MR) is 94.9 cm³/mol. The van der Waals surface area contributed by atoms with E-state index >= 15 is 0 Å². The Balaban J connectivity index is 5.21. The number of terminal acetylenes is 1. The molecule has 0 bridgehead atoms. The van der Waals surface area contributed by atoms with Crippen LogP contribution in [0.3, 0.4) is 0 Å². The lowest BCUT2D eigenvalue weighted by Gasteiger charge is -2.22. The van der Waals surface area contributed by atoms with Gasteiger partial charge in [-0.05, 0) is 36.0 Å². The Bertz CT molecular complexity index is 513. The fourth-order valence-corrected chi connectivity index (χ4v) is 3.08. The molecule has 0 heterocycles. The Morgan fingerprint density at radius 2 is 2.10 bits per heavy atom. The number of amides is 1. The van der Waals surface area contributed by atoms with Crippen molar-refractivity contribution in [2.45, 2.75) is 26.2 Å². The minimum atomic E-state index is -0.937. The van der Waals surface area contributed by atoms with Crippen LogP contribution in [0.2, 0.25) is 0 Å². The van der Waals surface area contributed by atoms with Crippen LogP contribution in [-0.2, 0) is 4.79 Å². The molecular weight excluding hydrogens is 280 g/mol. The Morgan fingerprint density at radius 3 is 2.62 bits per heavy atom. The minimum absolute atomic E-state index is 0.0500. The number of carbonyl (C=O) groups excluding carboxylic acids is 1. The zero-order valence-corrected chi connectivity index (χ0v) is 14.3. The summed E-state index contributed by atoms with van der Waals surface area (Å²) < 4.78 is 0. The Morgan fingerprint density at radius 1 is 1.43 bits per heavy atom. The van der Waals surface area contributed by atoms with E-state index < -0.39 is 10.0 Å². The topological polar surface area (TPSA) is 55.1 Å². The van der Waals surface area contributed by atoms with Gasteiger partial charge < -0.3 is 11.1 Å². The second kappa shape index (κ2) is 10.0. The minimum Gasteiger partial charge on any atom is -0.400 e. The van der Waals surface area contributed by atoms with Crippen LogP contribution in [0.5, 0.6) is 0 Å². The fourth-order valence-electron chi connectivity index (χ4n) is 1.57. The molecule has 0 aliphatic rings. The van der Waals surface area contributed by atoms with Gasteiger partial charge in [-0.25, -0.2) is 0 Å². The summed E-state index contributed by atoms with van der Waals surface area (Å²) in [5, 5.41) is 5.89. The lowest BCUT2D eigenvalue weighted by atomic mass is 10.1. The molecule has 0 aliphatic heterocycles. The van der Waals surface area contributed by atoms with Crippen molar-refractivity contribution in [3.8, 4) is 23.5 Å². The highest BCUT2D eigenvalue weighted by atomic mass is 32.3. The van der Waals surface area contributed by atoms with E-state index in [0.717, 1.165) is 12.2 Å². The molecule has 21 heavy (non-hydrogen) atoms. The second-order valence-corrected chi connectivity index (χ2v) is 8.76. The van der Waals surface area contributed by atoms with E-state index in [9.17, 15) is 4.79 Å².